The van der Waals surface area contributed by atoms with Crippen molar-refractivity contribution in [2.75, 3.05) is 0 Å². The molecule has 0 atom stereocenters. The van der Waals surface area contributed by atoms with Gasteiger partial charge in [0.25, 0.3) is 0 Å². The molecule has 13 heavy (non-hydrogen) atoms. The number of benzene rings is 1. The minimum absolute atomic E-state index is 0.206. The maximum absolute atomic E-state index is 11.6. The molecule has 0 heterocycles. The molecule has 0 aliphatic carbocycles. The molecule has 0 bridgehead atoms. The fourth-order valence-electron chi connectivity index (χ4n) is 1.29. The summed E-state index contributed by atoms with van der Waals surface area (Å²) in [6.45, 7) is 5.69. The van der Waals surface area contributed by atoms with E-state index in [9.17, 15) is 4.79 Å². The number of rotatable bonds is 4. The second kappa shape index (κ2) is 4.61. The average Bonchev–Trinajstić information content (AvgIpc) is 2.18. The zero-order chi connectivity index (χ0) is 9.68. The van der Waals surface area contributed by atoms with E-state index in [0.717, 1.165) is 17.5 Å². The predicted molar refractivity (Wildman–Crippen MR) is 55.8 cm³/mol. The van der Waals surface area contributed by atoms with Crippen LogP contribution in [-0.2, 0) is 0 Å². The van der Waals surface area contributed by atoms with E-state index in [1.165, 1.54) is 0 Å². The quantitative estimate of drug-likeness (QED) is 0.640. The second-order valence-electron chi connectivity index (χ2n) is 2.96. The van der Waals surface area contributed by atoms with Crippen LogP contribution in [0, 0.1) is 0 Å². The van der Waals surface area contributed by atoms with Gasteiger partial charge in [-0.05, 0) is 12.0 Å². The van der Waals surface area contributed by atoms with Crippen molar-refractivity contribution in [3.8, 4) is 0 Å². The number of Topliss-reactive ketones (excluding diaryl/α,β-unsaturated/α-hetero) is 1. The topological polar surface area (TPSA) is 17.1 Å². The summed E-state index contributed by atoms with van der Waals surface area (Å²) >= 11 is 0. The highest BCUT2D eigenvalue weighted by Gasteiger charge is 2.06. The Kier molecular flexibility index (Phi) is 3.44. The lowest BCUT2D eigenvalue weighted by Crippen LogP contribution is -2.00. The lowest BCUT2D eigenvalue weighted by Gasteiger charge is -2.02. The molecule has 68 valence electrons. The Balaban J connectivity index is 2.98. The van der Waals surface area contributed by atoms with Gasteiger partial charge in [0, 0.05) is 12.0 Å². The van der Waals surface area contributed by atoms with Gasteiger partial charge in [0.05, 0.1) is 0 Å². The van der Waals surface area contributed by atoms with Crippen molar-refractivity contribution < 1.29 is 4.79 Å². The van der Waals surface area contributed by atoms with Gasteiger partial charge in [0.1, 0.15) is 0 Å². The summed E-state index contributed by atoms with van der Waals surface area (Å²) in [5, 5.41) is 0. The smallest absolute Gasteiger partial charge is 0.163 e. The monoisotopic (exact) mass is 174 g/mol. The fourth-order valence-corrected chi connectivity index (χ4v) is 1.29. The molecular weight excluding hydrogens is 160 g/mol. The van der Waals surface area contributed by atoms with Gasteiger partial charge in [0.15, 0.2) is 5.78 Å². The Labute approximate surface area is 79.1 Å². The van der Waals surface area contributed by atoms with Crippen molar-refractivity contribution in [3.63, 3.8) is 0 Å². The van der Waals surface area contributed by atoms with Gasteiger partial charge >= 0.3 is 0 Å². The lowest BCUT2D eigenvalue weighted by atomic mass is 10.0. The van der Waals surface area contributed by atoms with Gasteiger partial charge in [-0.25, -0.2) is 0 Å². The molecule has 0 N–H and O–H groups in total. The Morgan fingerprint density at radius 2 is 2.15 bits per heavy atom. The van der Waals surface area contributed by atoms with Gasteiger partial charge in [-0.3, -0.25) is 4.79 Å². The van der Waals surface area contributed by atoms with E-state index in [1.54, 1.807) is 6.08 Å². The predicted octanol–water partition coefficient (Wildman–Crippen LogP) is 3.31. The van der Waals surface area contributed by atoms with Crippen LogP contribution in [0.15, 0.2) is 30.8 Å². The van der Waals surface area contributed by atoms with E-state index in [2.05, 4.69) is 6.58 Å². The maximum Gasteiger partial charge on any atom is 0.163 e. The van der Waals surface area contributed by atoms with Crippen molar-refractivity contribution in [1.82, 2.24) is 0 Å². The zero-order valence-corrected chi connectivity index (χ0v) is 7.92. The number of hydrogen-bond acceptors (Lipinski definition) is 1. The van der Waals surface area contributed by atoms with Crippen molar-refractivity contribution in [1.29, 1.82) is 0 Å². The van der Waals surface area contributed by atoms with Crippen LogP contribution in [0.1, 0.15) is 35.7 Å². The molecule has 0 radical (unpaired) electrons. The molecule has 1 aromatic carbocycles. The Morgan fingerprint density at radius 1 is 1.46 bits per heavy atom. The van der Waals surface area contributed by atoms with E-state index < -0.39 is 0 Å². The van der Waals surface area contributed by atoms with Gasteiger partial charge in [0.2, 0.25) is 0 Å². The van der Waals surface area contributed by atoms with Crippen LogP contribution < -0.4 is 0 Å². The third-order valence-electron chi connectivity index (χ3n) is 1.96. The zero-order valence-electron chi connectivity index (χ0n) is 7.92. The third kappa shape index (κ3) is 2.28. The molecule has 1 aromatic rings. The maximum atomic E-state index is 11.6. The van der Waals surface area contributed by atoms with E-state index in [-0.39, 0.29) is 5.78 Å². The summed E-state index contributed by atoms with van der Waals surface area (Å²) in [6, 6.07) is 7.57. The first-order valence-corrected chi connectivity index (χ1v) is 4.54. The molecule has 0 spiro atoms. The lowest BCUT2D eigenvalue weighted by molar-refractivity contribution is 0.0981. The van der Waals surface area contributed by atoms with Crippen LogP contribution in [-0.4, -0.2) is 5.78 Å². The summed E-state index contributed by atoms with van der Waals surface area (Å²) < 4.78 is 0. The first kappa shape index (κ1) is 9.72. The average molecular weight is 174 g/mol. The molecule has 1 nitrogen and oxygen atoms in total. The molecule has 0 saturated heterocycles. The molecular formula is C12H14O. The van der Waals surface area contributed by atoms with Crippen molar-refractivity contribution in [2.24, 2.45) is 0 Å². The minimum atomic E-state index is 0.206. The summed E-state index contributed by atoms with van der Waals surface area (Å²) in [5.74, 6) is 0.206. The number of hydrogen-bond donors (Lipinski definition) is 0. The SMILES string of the molecule is C=Cc1ccccc1C(=O)CCC. The molecule has 0 aliphatic rings. The molecule has 1 heteroatoms. The van der Waals surface area contributed by atoms with Crippen molar-refractivity contribution in [2.45, 2.75) is 19.8 Å². The van der Waals surface area contributed by atoms with Gasteiger partial charge < -0.3 is 0 Å². The summed E-state index contributed by atoms with van der Waals surface area (Å²) in [7, 11) is 0. The summed E-state index contributed by atoms with van der Waals surface area (Å²) in [6.07, 6.45) is 3.23. The van der Waals surface area contributed by atoms with Crippen LogP contribution in [0.4, 0.5) is 0 Å². The molecule has 1 rings (SSSR count). The highest BCUT2D eigenvalue weighted by molar-refractivity contribution is 5.99. The third-order valence-corrected chi connectivity index (χ3v) is 1.96. The van der Waals surface area contributed by atoms with E-state index >= 15 is 0 Å². The van der Waals surface area contributed by atoms with Gasteiger partial charge in [-0.15, -0.1) is 0 Å². The number of carbonyl (C=O) groups is 1. The van der Waals surface area contributed by atoms with Crippen LogP contribution in [0.3, 0.4) is 0 Å². The molecule has 0 amide bonds. The van der Waals surface area contributed by atoms with E-state index in [4.69, 9.17) is 0 Å². The fraction of sp³-hybridized carbons (Fsp3) is 0.250. The van der Waals surface area contributed by atoms with E-state index in [0.29, 0.717) is 6.42 Å². The van der Waals surface area contributed by atoms with E-state index in [1.807, 2.05) is 31.2 Å². The van der Waals surface area contributed by atoms with Gasteiger partial charge in [-0.1, -0.05) is 43.8 Å². The van der Waals surface area contributed by atoms with Crippen LogP contribution in [0.25, 0.3) is 6.08 Å². The standard InChI is InChI=1S/C12H14O/c1-3-7-12(13)11-9-6-5-8-10(11)4-2/h4-6,8-9H,2-3,7H2,1H3. The largest absolute Gasteiger partial charge is 0.294 e. The molecule has 0 unspecified atom stereocenters. The summed E-state index contributed by atoms with van der Waals surface area (Å²) in [5.41, 5.74) is 1.72. The summed E-state index contributed by atoms with van der Waals surface area (Å²) in [4.78, 5) is 11.6. The second-order valence-corrected chi connectivity index (χ2v) is 2.96. The molecule has 0 fully saturated rings. The van der Waals surface area contributed by atoms with Crippen LogP contribution in [0.2, 0.25) is 0 Å². The minimum Gasteiger partial charge on any atom is -0.294 e. The molecule has 0 aliphatic heterocycles. The Bertz CT molecular complexity index is 313. The molecule has 0 saturated carbocycles. The van der Waals surface area contributed by atoms with Crippen molar-refractivity contribution >= 4 is 11.9 Å². The normalized spacial score (nSPS) is 9.62. The number of ketones is 1. The Morgan fingerprint density at radius 3 is 2.77 bits per heavy atom. The highest BCUT2D eigenvalue weighted by atomic mass is 16.1. The Hall–Kier alpha value is -1.37. The highest BCUT2D eigenvalue weighted by Crippen LogP contribution is 2.12. The number of carbonyl (C=O) groups excluding carboxylic acids is 1. The van der Waals surface area contributed by atoms with Gasteiger partial charge in [-0.2, -0.15) is 0 Å². The van der Waals surface area contributed by atoms with Crippen LogP contribution >= 0.6 is 0 Å². The van der Waals surface area contributed by atoms with Crippen LogP contribution in [0.5, 0.6) is 0 Å². The first-order valence-electron chi connectivity index (χ1n) is 4.54. The van der Waals surface area contributed by atoms with Crippen molar-refractivity contribution in [3.05, 3.63) is 42.0 Å². The first-order chi connectivity index (χ1) is 6.29. The molecule has 0 aromatic heterocycles.